The molecular weight excluding hydrogens is 503 g/mol. The number of fused-ring (bicyclic) bond motifs is 1. The van der Waals surface area contributed by atoms with E-state index in [0.717, 1.165) is 35.7 Å². The number of hydrogen-bond acceptors (Lipinski definition) is 4. The maximum Gasteiger partial charge on any atom is 0.573 e. The van der Waals surface area contributed by atoms with Crippen LogP contribution in [0, 0.1) is 6.92 Å². The number of hydrogen-bond donors (Lipinski definition) is 1. The summed E-state index contributed by atoms with van der Waals surface area (Å²) in [6.07, 6.45) is 0.827. The normalized spacial score (nSPS) is 17.4. The van der Waals surface area contributed by atoms with Crippen LogP contribution in [0.4, 0.5) is 13.2 Å². The molecule has 0 radical (unpaired) electrons. The molecule has 0 amide bonds. The summed E-state index contributed by atoms with van der Waals surface area (Å²) in [5.41, 5.74) is 4.89. The second kappa shape index (κ2) is 13.3. The number of allylic oxidation sites excluding steroid dienone is 1. The number of alkyl halides is 3. The Bertz CT molecular complexity index is 1110. The Morgan fingerprint density at radius 1 is 1.11 bits per heavy atom. The lowest BCUT2D eigenvalue weighted by Crippen LogP contribution is -2.18. The summed E-state index contributed by atoms with van der Waals surface area (Å²) >= 11 is 6.18. The molecule has 0 spiro atoms. The summed E-state index contributed by atoms with van der Waals surface area (Å²) in [6.45, 7) is 10.5. The molecule has 0 fully saturated rings. The number of ether oxygens (including phenoxy) is 1. The van der Waals surface area contributed by atoms with E-state index in [2.05, 4.69) is 43.8 Å². The molecule has 1 aliphatic rings. The third-order valence-corrected chi connectivity index (χ3v) is 7.18. The van der Waals surface area contributed by atoms with Crippen LogP contribution in [0.25, 0.3) is 17.2 Å². The first-order chi connectivity index (χ1) is 16.9. The lowest BCUT2D eigenvalue weighted by atomic mass is 9.76. The van der Waals surface area contributed by atoms with E-state index in [9.17, 15) is 18.0 Å². The smallest absolute Gasteiger partial charge is 0.405 e. The number of thioether (sulfide) groups is 1. The monoisotopic (exact) mass is 537 g/mol. The van der Waals surface area contributed by atoms with Gasteiger partial charge in [-0.1, -0.05) is 76.3 Å². The number of aldehydes is 1. The molecule has 196 valence electrons. The zero-order chi connectivity index (χ0) is 27.0. The quantitative estimate of drug-likeness (QED) is 0.234. The van der Waals surface area contributed by atoms with Gasteiger partial charge in [0.25, 0.3) is 0 Å². The number of carbonyl (C=O) groups excluding carboxylic acids is 1. The van der Waals surface area contributed by atoms with E-state index in [1.165, 1.54) is 24.1 Å². The van der Waals surface area contributed by atoms with E-state index < -0.39 is 6.36 Å². The minimum Gasteiger partial charge on any atom is -0.405 e. The third kappa shape index (κ3) is 8.10. The molecule has 3 nitrogen and oxygen atoms in total. The average Bonchev–Trinajstić information content (AvgIpc) is 2.81. The third-order valence-electron chi connectivity index (χ3n) is 5.88. The number of nitrogens with one attached hydrogen (secondary N) is 1. The largest absolute Gasteiger partial charge is 0.573 e. The van der Waals surface area contributed by atoms with Gasteiger partial charge in [0.15, 0.2) is 6.29 Å². The lowest BCUT2D eigenvalue weighted by molar-refractivity contribution is -0.274. The van der Waals surface area contributed by atoms with Crippen LogP contribution in [-0.2, 0) is 4.79 Å². The maximum atomic E-state index is 13.2. The van der Waals surface area contributed by atoms with Gasteiger partial charge < -0.3 is 10.1 Å². The fourth-order valence-electron chi connectivity index (χ4n) is 4.17. The highest BCUT2D eigenvalue weighted by Crippen LogP contribution is 2.44. The van der Waals surface area contributed by atoms with Crippen molar-refractivity contribution in [3.63, 3.8) is 0 Å². The average molecular weight is 538 g/mol. The second-order valence-electron chi connectivity index (χ2n) is 8.99. The zero-order valence-corrected chi connectivity index (χ0v) is 23.2. The molecule has 2 aromatic carbocycles. The molecule has 3 rings (SSSR count). The van der Waals surface area contributed by atoms with Crippen molar-refractivity contribution < 1.29 is 22.7 Å². The van der Waals surface area contributed by atoms with E-state index in [-0.39, 0.29) is 5.75 Å². The molecule has 1 aliphatic carbocycles. The summed E-state index contributed by atoms with van der Waals surface area (Å²) in [4.78, 5) is 11.8. The van der Waals surface area contributed by atoms with E-state index in [1.54, 1.807) is 19.2 Å². The van der Waals surface area contributed by atoms with Gasteiger partial charge in [-0.05, 0) is 77.6 Å². The van der Waals surface area contributed by atoms with Crippen molar-refractivity contribution in [2.24, 2.45) is 0 Å². The molecule has 0 aliphatic heterocycles. The zero-order valence-electron chi connectivity index (χ0n) is 21.6. The predicted molar refractivity (Wildman–Crippen MR) is 149 cm³/mol. The predicted octanol–water partition coefficient (Wildman–Crippen LogP) is 8.76. The van der Waals surface area contributed by atoms with E-state index in [4.69, 9.17) is 12.2 Å². The van der Waals surface area contributed by atoms with E-state index in [0.29, 0.717) is 44.0 Å². The van der Waals surface area contributed by atoms with Gasteiger partial charge in [0.05, 0.1) is 4.91 Å². The van der Waals surface area contributed by atoms with Crippen molar-refractivity contribution in [2.75, 3.05) is 7.05 Å². The summed E-state index contributed by atoms with van der Waals surface area (Å²) in [7, 11) is 1.65. The van der Waals surface area contributed by atoms with Crippen LogP contribution in [0.5, 0.6) is 5.75 Å². The molecule has 36 heavy (non-hydrogen) atoms. The Balaban J connectivity index is 0.00000145. The van der Waals surface area contributed by atoms with Crippen molar-refractivity contribution in [2.45, 2.75) is 72.1 Å². The molecule has 0 aromatic heterocycles. The molecular formula is C28H34F3NO2S2. The highest BCUT2D eigenvalue weighted by molar-refractivity contribution is 8.26. The van der Waals surface area contributed by atoms with Crippen molar-refractivity contribution in [1.82, 2.24) is 5.32 Å². The maximum absolute atomic E-state index is 13.2. The number of thiocarbonyl (C=S) groups is 1. The summed E-state index contributed by atoms with van der Waals surface area (Å²) in [6, 6.07) is 8.50. The van der Waals surface area contributed by atoms with Gasteiger partial charge in [0.1, 0.15) is 10.1 Å². The molecule has 0 bridgehead atoms. The standard InChI is InChI=1S/C25H26F3NO2S2.C3H8/c1-14-5-6-15(2)20-12-21(16(3)9-19(14)20)22-11-17(7-8-23(22)31-25(26,27)28)10-18(13-30)33-24(32)29-4;1-3-2/h7-15H,5-6H2,1-4H3,(H,29,32);3H2,1-2H3/b18-10-;. The van der Waals surface area contributed by atoms with Gasteiger partial charge in [0, 0.05) is 12.6 Å². The van der Waals surface area contributed by atoms with Gasteiger partial charge >= 0.3 is 6.36 Å². The van der Waals surface area contributed by atoms with Gasteiger partial charge in [-0.3, -0.25) is 4.79 Å². The Morgan fingerprint density at radius 3 is 2.22 bits per heavy atom. The van der Waals surface area contributed by atoms with Crippen LogP contribution in [0.2, 0.25) is 0 Å². The molecule has 2 atom stereocenters. The Labute approximate surface area is 221 Å². The topological polar surface area (TPSA) is 38.3 Å². The Kier molecular flexibility index (Phi) is 11.0. The number of aryl methyl sites for hydroxylation is 1. The van der Waals surface area contributed by atoms with Crippen LogP contribution in [0.15, 0.2) is 35.2 Å². The highest BCUT2D eigenvalue weighted by Gasteiger charge is 2.33. The summed E-state index contributed by atoms with van der Waals surface area (Å²) < 4.78 is 44.3. The minimum atomic E-state index is -4.82. The molecule has 0 saturated carbocycles. The molecule has 0 saturated heterocycles. The fraction of sp³-hybridized carbons (Fsp3) is 0.429. The number of rotatable bonds is 5. The van der Waals surface area contributed by atoms with Crippen molar-refractivity contribution in [3.8, 4) is 16.9 Å². The van der Waals surface area contributed by atoms with Crippen LogP contribution in [0.3, 0.4) is 0 Å². The van der Waals surface area contributed by atoms with Crippen molar-refractivity contribution in [1.29, 1.82) is 0 Å². The van der Waals surface area contributed by atoms with Crippen LogP contribution < -0.4 is 10.1 Å². The Morgan fingerprint density at radius 2 is 1.69 bits per heavy atom. The first-order valence-electron chi connectivity index (χ1n) is 12.0. The van der Waals surface area contributed by atoms with Gasteiger partial charge in [0.2, 0.25) is 0 Å². The van der Waals surface area contributed by atoms with E-state index in [1.807, 2.05) is 13.0 Å². The Hall–Kier alpha value is -2.32. The second-order valence-corrected chi connectivity index (χ2v) is 10.7. The molecule has 2 unspecified atom stereocenters. The molecule has 1 N–H and O–H groups in total. The summed E-state index contributed by atoms with van der Waals surface area (Å²) in [5, 5.41) is 2.78. The lowest BCUT2D eigenvalue weighted by Gasteiger charge is -2.29. The minimum absolute atomic E-state index is 0.273. The summed E-state index contributed by atoms with van der Waals surface area (Å²) in [5.74, 6) is 0.462. The molecule has 8 heteroatoms. The van der Waals surface area contributed by atoms with Gasteiger partial charge in [-0.15, -0.1) is 13.2 Å². The fourth-order valence-corrected chi connectivity index (χ4v) is 5.02. The van der Waals surface area contributed by atoms with Crippen molar-refractivity contribution in [3.05, 3.63) is 57.5 Å². The molecule has 2 aromatic rings. The number of carbonyl (C=O) groups is 1. The van der Waals surface area contributed by atoms with E-state index >= 15 is 0 Å². The van der Waals surface area contributed by atoms with Crippen LogP contribution >= 0.6 is 24.0 Å². The SMILES string of the molecule is CCC.CNC(=S)S/C(C=O)=C\c1ccc(OC(F)(F)F)c(-c2cc3c(cc2C)C(C)CCC3C)c1. The number of benzene rings is 2. The first kappa shape index (κ1) is 29.9. The van der Waals surface area contributed by atoms with Crippen LogP contribution in [-0.4, -0.2) is 24.0 Å². The highest BCUT2D eigenvalue weighted by atomic mass is 32.2. The van der Waals surface area contributed by atoms with Crippen LogP contribution in [0.1, 0.15) is 81.0 Å². The van der Waals surface area contributed by atoms with Gasteiger partial charge in [-0.2, -0.15) is 0 Å². The first-order valence-corrected chi connectivity index (χ1v) is 13.3. The number of halogens is 3. The molecule has 0 heterocycles. The van der Waals surface area contributed by atoms with Crippen molar-refractivity contribution >= 4 is 40.7 Å². The van der Waals surface area contributed by atoms with Gasteiger partial charge in [-0.25, -0.2) is 0 Å².